The molecule has 0 saturated carbocycles. The van der Waals surface area contributed by atoms with Crippen LogP contribution in [-0.4, -0.2) is 50.3 Å². The summed E-state index contributed by atoms with van der Waals surface area (Å²) < 4.78 is 5.17. The van der Waals surface area contributed by atoms with Crippen LogP contribution < -0.4 is 5.32 Å². The molecule has 3 nitrogen and oxygen atoms in total. The Bertz CT molecular complexity index is 187. The van der Waals surface area contributed by atoms with Crippen molar-refractivity contribution < 1.29 is 4.74 Å². The average molecular weight is 228 g/mol. The molecule has 3 unspecified atom stereocenters. The van der Waals surface area contributed by atoms with Gasteiger partial charge in [0.2, 0.25) is 0 Å². The Hall–Kier alpha value is -0.120. The molecule has 1 N–H and O–H groups in total. The zero-order valence-electron chi connectivity index (χ0n) is 11.3. The number of ether oxygens (including phenoxy) is 1. The maximum absolute atomic E-state index is 5.17. The largest absolute Gasteiger partial charge is 0.385 e. The van der Waals surface area contributed by atoms with Gasteiger partial charge in [-0.25, -0.2) is 0 Å². The molecule has 96 valence electrons. The topological polar surface area (TPSA) is 24.5 Å². The molecule has 0 aromatic rings. The van der Waals surface area contributed by atoms with Gasteiger partial charge in [0.05, 0.1) is 0 Å². The van der Waals surface area contributed by atoms with Crippen LogP contribution in [0.15, 0.2) is 0 Å². The molecule has 0 aromatic heterocycles. The Morgan fingerprint density at radius 2 is 2.19 bits per heavy atom. The molecule has 16 heavy (non-hydrogen) atoms. The first kappa shape index (κ1) is 13.9. The molecule has 0 spiro atoms. The number of methoxy groups -OCH3 is 1. The zero-order chi connectivity index (χ0) is 12.0. The summed E-state index contributed by atoms with van der Waals surface area (Å²) in [6.45, 7) is 11.4. The van der Waals surface area contributed by atoms with E-state index in [1.54, 1.807) is 7.11 Å². The number of rotatable bonds is 4. The van der Waals surface area contributed by atoms with E-state index in [0.29, 0.717) is 12.1 Å². The van der Waals surface area contributed by atoms with Crippen LogP contribution in [0.3, 0.4) is 0 Å². The molecule has 0 bridgehead atoms. The van der Waals surface area contributed by atoms with Crippen molar-refractivity contribution in [3.8, 4) is 0 Å². The van der Waals surface area contributed by atoms with Crippen molar-refractivity contribution in [2.75, 3.05) is 33.4 Å². The summed E-state index contributed by atoms with van der Waals surface area (Å²) in [5.41, 5.74) is 0. The summed E-state index contributed by atoms with van der Waals surface area (Å²) in [5, 5.41) is 3.59. The van der Waals surface area contributed by atoms with E-state index in [-0.39, 0.29) is 0 Å². The molecule has 3 heteroatoms. The molecule has 1 aliphatic heterocycles. The SMILES string of the molecule is COCCC(C)N1CCC(C)NCC(C)C1. The van der Waals surface area contributed by atoms with Crippen LogP contribution in [0.25, 0.3) is 0 Å². The first-order valence-corrected chi connectivity index (χ1v) is 6.59. The lowest BCUT2D eigenvalue weighted by molar-refractivity contribution is 0.115. The summed E-state index contributed by atoms with van der Waals surface area (Å²) in [6.07, 6.45) is 2.40. The van der Waals surface area contributed by atoms with Crippen LogP contribution in [0.4, 0.5) is 0 Å². The van der Waals surface area contributed by atoms with E-state index < -0.39 is 0 Å². The summed E-state index contributed by atoms with van der Waals surface area (Å²) in [4.78, 5) is 2.63. The highest BCUT2D eigenvalue weighted by Gasteiger charge is 2.20. The second kappa shape index (κ2) is 7.25. The van der Waals surface area contributed by atoms with Gasteiger partial charge >= 0.3 is 0 Å². The third kappa shape index (κ3) is 4.81. The lowest BCUT2D eigenvalue weighted by Crippen LogP contribution is -2.45. The summed E-state index contributed by atoms with van der Waals surface area (Å²) in [6, 6.07) is 1.30. The van der Waals surface area contributed by atoms with Gasteiger partial charge in [-0.2, -0.15) is 0 Å². The quantitative estimate of drug-likeness (QED) is 0.793. The minimum Gasteiger partial charge on any atom is -0.385 e. The van der Waals surface area contributed by atoms with Crippen LogP contribution >= 0.6 is 0 Å². The van der Waals surface area contributed by atoms with Crippen LogP contribution in [0.5, 0.6) is 0 Å². The molecule has 3 atom stereocenters. The Labute approximate surface area is 101 Å². The van der Waals surface area contributed by atoms with Gasteiger partial charge in [0.15, 0.2) is 0 Å². The van der Waals surface area contributed by atoms with Crippen LogP contribution in [0.2, 0.25) is 0 Å². The number of nitrogens with one attached hydrogen (secondary N) is 1. The zero-order valence-corrected chi connectivity index (χ0v) is 11.3. The second-order valence-electron chi connectivity index (χ2n) is 5.33. The van der Waals surface area contributed by atoms with E-state index >= 15 is 0 Å². The van der Waals surface area contributed by atoms with Crippen molar-refractivity contribution in [1.29, 1.82) is 0 Å². The van der Waals surface area contributed by atoms with Gasteiger partial charge in [-0.1, -0.05) is 6.92 Å². The highest BCUT2D eigenvalue weighted by molar-refractivity contribution is 4.77. The van der Waals surface area contributed by atoms with E-state index in [1.807, 2.05) is 0 Å². The molecule has 0 amide bonds. The predicted octanol–water partition coefficient (Wildman–Crippen LogP) is 1.73. The molecule has 0 aromatic carbocycles. The highest BCUT2D eigenvalue weighted by Crippen LogP contribution is 2.12. The molecule has 0 radical (unpaired) electrons. The Morgan fingerprint density at radius 1 is 1.44 bits per heavy atom. The molecular formula is C13H28N2O. The minimum absolute atomic E-state index is 0.646. The van der Waals surface area contributed by atoms with E-state index in [9.17, 15) is 0 Å². The molecule has 0 aliphatic carbocycles. The van der Waals surface area contributed by atoms with Crippen molar-refractivity contribution in [2.24, 2.45) is 5.92 Å². The maximum Gasteiger partial charge on any atom is 0.0477 e. The second-order valence-corrected chi connectivity index (χ2v) is 5.33. The fourth-order valence-corrected chi connectivity index (χ4v) is 2.29. The number of nitrogens with zero attached hydrogens (tertiary/aromatic N) is 1. The van der Waals surface area contributed by atoms with Gasteiger partial charge in [-0.15, -0.1) is 0 Å². The van der Waals surface area contributed by atoms with Gasteiger partial charge < -0.3 is 15.0 Å². The van der Waals surface area contributed by atoms with Gasteiger partial charge in [-0.3, -0.25) is 0 Å². The first-order chi connectivity index (χ1) is 7.63. The van der Waals surface area contributed by atoms with Crippen molar-refractivity contribution in [3.05, 3.63) is 0 Å². The summed E-state index contributed by atoms with van der Waals surface area (Å²) in [7, 11) is 1.79. The van der Waals surface area contributed by atoms with Crippen molar-refractivity contribution >= 4 is 0 Å². The third-order valence-electron chi connectivity index (χ3n) is 3.57. The summed E-state index contributed by atoms with van der Waals surface area (Å²) >= 11 is 0. The fourth-order valence-electron chi connectivity index (χ4n) is 2.29. The Balaban J connectivity index is 2.42. The third-order valence-corrected chi connectivity index (χ3v) is 3.57. The maximum atomic E-state index is 5.17. The van der Waals surface area contributed by atoms with Crippen LogP contribution in [0.1, 0.15) is 33.6 Å². The average Bonchev–Trinajstić information content (AvgIpc) is 2.26. The number of hydrogen-bond acceptors (Lipinski definition) is 3. The van der Waals surface area contributed by atoms with Crippen molar-refractivity contribution in [1.82, 2.24) is 10.2 Å². The van der Waals surface area contributed by atoms with Crippen molar-refractivity contribution in [3.63, 3.8) is 0 Å². The van der Waals surface area contributed by atoms with Gasteiger partial charge in [0, 0.05) is 32.3 Å². The van der Waals surface area contributed by atoms with E-state index in [2.05, 4.69) is 31.0 Å². The highest BCUT2D eigenvalue weighted by atomic mass is 16.5. The molecule has 1 saturated heterocycles. The predicted molar refractivity (Wildman–Crippen MR) is 68.8 cm³/mol. The normalized spacial score (nSPS) is 30.8. The molecule has 1 fully saturated rings. The van der Waals surface area contributed by atoms with Crippen molar-refractivity contribution in [2.45, 2.75) is 45.7 Å². The standard InChI is InChI=1S/C13H28N2O/c1-11-9-14-12(2)5-7-15(10-11)13(3)6-8-16-4/h11-14H,5-10H2,1-4H3. The number of hydrogen-bond donors (Lipinski definition) is 1. The lowest BCUT2D eigenvalue weighted by atomic mass is 10.0. The fraction of sp³-hybridized carbons (Fsp3) is 1.00. The van der Waals surface area contributed by atoms with Crippen LogP contribution in [-0.2, 0) is 4.74 Å². The Kier molecular flexibility index (Phi) is 6.32. The van der Waals surface area contributed by atoms with E-state index in [0.717, 1.165) is 25.5 Å². The van der Waals surface area contributed by atoms with E-state index in [4.69, 9.17) is 4.74 Å². The monoisotopic (exact) mass is 228 g/mol. The van der Waals surface area contributed by atoms with Gasteiger partial charge in [0.1, 0.15) is 0 Å². The smallest absolute Gasteiger partial charge is 0.0477 e. The molecular weight excluding hydrogens is 200 g/mol. The lowest BCUT2D eigenvalue weighted by Gasteiger charge is -2.35. The first-order valence-electron chi connectivity index (χ1n) is 6.59. The molecule has 1 heterocycles. The molecule has 1 rings (SSSR count). The molecule has 1 aliphatic rings. The summed E-state index contributed by atoms with van der Waals surface area (Å²) in [5.74, 6) is 0.743. The van der Waals surface area contributed by atoms with Gasteiger partial charge in [0.25, 0.3) is 0 Å². The minimum atomic E-state index is 0.646. The van der Waals surface area contributed by atoms with Gasteiger partial charge in [-0.05, 0) is 45.7 Å². The Morgan fingerprint density at radius 3 is 2.88 bits per heavy atom. The van der Waals surface area contributed by atoms with E-state index in [1.165, 1.54) is 19.5 Å². The van der Waals surface area contributed by atoms with Crippen LogP contribution in [0, 0.1) is 5.92 Å².